The molecule has 1 aliphatic rings. The fourth-order valence-corrected chi connectivity index (χ4v) is 3.45. The van der Waals surface area contributed by atoms with Crippen LogP contribution < -0.4 is 0 Å². The largest absolute Gasteiger partial charge is 0.481 e. The predicted molar refractivity (Wildman–Crippen MR) is 96.8 cm³/mol. The SMILES string of the molecule is Cc1ccc(C=C[C@H]2CCC(=O)[C@@H]2CCCCCCC(=O)O)cc1. The second kappa shape index (κ2) is 9.41. The van der Waals surface area contributed by atoms with Crippen molar-refractivity contribution in [2.24, 2.45) is 11.8 Å². The average Bonchev–Trinajstić information content (AvgIpc) is 2.90. The van der Waals surface area contributed by atoms with E-state index < -0.39 is 5.97 Å². The van der Waals surface area contributed by atoms with Crippen LogP contribution in [-0.2, 0) is 9.59 Å². The first-order valence-corrected chi connectivity index (χ1v) is 9.05. The summed E-state index contributed by atoms with van der Waals surface area (Å²) in [5, 5.41) is 8.63. The molecule has 1 aromatic rings. The van der Waals surface area contributed by atoms with Crippen LogP contribution in [0.15, 0.2) is 30.3 Å². The summed E-state index contributed by atoms with van der Waals surface area (Å²) < 4.78 is 0. The highest BCUT2D eigenvalue weighted by molar-refractivity contribution is 5.83. The first kappa shape index (κ1) is 18.4. The summed E-state index contributed by atoms with van der Waals surface area (Å²) in [6, 6.07) is 8.43. The highest BCUT2D eigenvalue weighted by Crippen LogP contribution is 2.34. The van der Waals surface area contributed by atoms with Crippen molar-refractivity contribution in [3.63, 3.8) is 0 Å². The molecular weight excluding hydrogens is 300 g/mol. The van der Waals surface area contributed by atoms with Crippen LogP contribution in [-0.4, -0.2) is 16.9 Å². The van der Waals surface area contributed by atoms with Crippen LogP contribution in [0.25, 0.3) is 6.08 Å². The molecule has 2 atom stereocenters. The van der Waals surface area contributed by atoms with Gasteiger partial charge in [0.15, 0.2) is 0 Å². The molecular formula is C21H28O3. The van der Waals surface area contributed by atoms with Gasteiger partial charge in [-0.05, 0) is 37.7 Å². The van der Waals surface area contributed by atoms with Crippen LogP contribution in [0.2, 0.25) is 0 Å². The molecule has 3 nitrogen and oxygen atoms in total. The Balaban J connectivity index is 1.78. The standard InChI is InChI=1S/C21H28O3/c1-16-8-10-17(11-9-16)12-13-18-14-15-20(22)19(18)6-4-2-3-5-7-21(23)24/h8-13,18-19H,2-7,14-15H2,1H3,(H,23,24)/t18-,19+/m0/s1. The van der Waals surface area contributed by atoms with Gasteiger partial charge in [0.25, 0.3) is 0 Å². The van der Waals surface area contributed by atoms with E-state index in [0.29, 0.717) is 18.1 Å². The van der Waals surface area contributed by atoms with Crippen molar-refractivity contribution >= 4 is 17.8 Å². The van der Waals surface area contributed by atoms with E-state index in [1.54, 1.807) is 0 Å². The summed E-state index contributed by atoms with van der Waals surface area (Å²) in [5.74, 6) is 0.199. The highest BCUT2D eigenvalue weighted by atomic mass is 16.4. The molecule has 0 spiro atoms. The Labute approximate surface area is 144 Å². The van der Waals surface area contributed by atoms with E-state index in [2.05, 4.69) is 43.3 Å². The first-order chi connectivity index (χ1) is 11.6. The number of carbonyl (C=O) groups is 2. The number of unbranched alkanes of at least 4 members (excludes halogenated alkanes) is 3. The second-order valence-corrected chi connectivity index (χ2v) is 6.89. The van der Waals surface area contributed by atoms with E-state index in [4.69, 9.17) is 5.11 Å². The summed E-state index contributed by atoms with van der Waals surface area (Å²) in [6.45, 7) is 2.08. The minimum absolute atomic E-state index is 0.158. The van der Waals surface area contributed by atoms with Crippen molar-refractivity contribution in [1.82, 2.24) is 0 Å². The fraction of sp³-hybridized carbons (Fsp3) is 0.524. The quantitative estimate of drug-likeness (QED) is 0.647. The van der Waals surface area contributed by atoms with Gasteiger partial charge in [-0.15, -0.1) is 0 Å². The highest BCUT2D eigenvalue weighted by Gasteiger charge is 2.32. The zero-order chi connectivity index (χ0) is 17.4. The number of Topliss-reactive ketones (excluding diaryl/α,β-unsaturated/α-hetero) is 1. The van der Waals surface area contributed by atoms with Gasteiger partial charge in [-0.25, -0.2) is 0 Å². The van der Waals surface area contributed by atoms with E-state index in [0.717, 1.165) is 38.5 Å². The van der Waals surface area contributed by atoms with Crippen molar-refractivity contribution in [1.29, 1.82) is 0 Å². The molecule has 24 heavy (non-hydrogen) atoms. The summed E-state index contributed by atoms with van der Waals surface area (Å²) in [7, 11) is 0. The lowest BCUT2D eigenvalue weighted by atomic mass is 9.89. The van der Waals surface area contributed by atoms with Crippen molar-refractivity contribution in [3.8, 4) is 0 Å². The van der Waals surface area contributed by atoms with Gasteiger partial charge in [0.2, 0.25) is 0 Å². The van der Waals surface area contributed by atoms with Gasteiger partial charge in [-0.2, -0.15) is 0 Å². The lowest BCUT2D eigenvalue weighted by Gasteiger charge is -2.14. The smallest absolute Gasteiger partial charge is 0.303 e. The molecule has 0 bridgehead atoms. The number of allylic oxidation sites excluding steroid dienone is 1. The number of benzene rings is 1. The van der Waals surface area contributed by atoms with Crippen LogP contribution in [0, 0.1) is 18.8 Å². The van der Waals surface area contributed by atoms with Gasteiger partial charge < -0.3 is 5.11 Å². The lowest BCUT2D eigenvalue weighted by molar-refractivity contribution is -0.137. The summed E-state index contributed by atoms with van der Waals surface area (Å²) in [4.78, 5) is 22.6. The summed E-state index contributed by atoms with van der Waals surface area (Å²) in [5.41, 5.74) is 2.44. The van der Waals surface area contributed by atoms with Gasteiger partial charge >= 0.3 is 5.97 Å². The van der Waals surface area contributed by atoms with E-state index in [1.165, 1.54) is 11.1 Å². The van der Waals surface area contributed by atoms with Crippen molar-refractivity contribution in [3.05, 3.63) is 41.5 Å². The Bertz CT molecular complexity index is 571. The Hall–Kier alpha value is -1.90. The van der Waals surface area contributed by atoms with Crippen LogP contribution in [0.4, 0.5) is 0 Å². The molecule has 0 amide bonds. The molecule has 1 aliphatic carbocycles. The van der Waals surface area contributed by atoms with Gasteiger partial charge in [0.05, 0.1) is 0 Å². The average molecular weight is 328 g/mol. The van der Waals surface area contributed by atoms with Crippen LogP contribution >= 0.6 is 0 Å². The Morgan fingerprint density at radius 1 is 1.17 bits per heavy atom. The zero-order valence-electron chi connectivity index (χ0n) is 14.5. The third-order valence-electron chi connectivity index (χ3n) is 4.92. The molecule has 1 aromatic carbocycles. The molecule has 1 N–H and O–H groups in total. The minimum Gasteiger partial charge on any atom is -0.481 e. The molecule has 0 aliphatic heterocycles. The lowest BCUT2D eigenvalue weighted by Crippen LogP contribution is -2.13. The maximum Gasteiger partial charge on any atom is 0.303 e. The molecule has 2 rings (SSSR count). The number of rotatable bonds is 9. The Morgan fingerprint density at radius 2 is 1.88 bits per heavy atom. The van der Waals surface area contributed by atoms with Crippen molar-refractivity contribution in [2.45, 2.75) is 58.3 Å². The van der Waals surface area contributed by atoms with Crippen LogP contribution in [0.5, 0.6) is 0 Å². The molecule has 3 heteroatoms. The normalized spacial score (nSPS) is 20.8. The van der Waals surface area contributed by atoms with Crippen molar-refractivity contribution in [2.75, 3.05) is 0 Å². The van der Waals surface area contributed by atoms with E-state index in [-0.39, 0.29) is 12.3 Å². The van der Waals surface area contributed by atoms with Crippen molar-refractivity contribution < 1.29 is 14.7 Å². The molecule has 1 saturated carbocycles. The molecule has 0 aromatic heterocycles. The number of hydrogen-bond donors (Lipinski definition) is 1. The summed E-state index contributed by atoms with van der Waals surface area (Å²) in [6.07, 6.45) is 10.9. The molecule has 130 valence electrons. The maximum absolute atomic E-state index is 12.1. The minimum atomic E-state index is -0.720. The topological polar surface area (TPSA) is 54.4 Å². The van der Waals surface area contributed by atoms with Gasteiger partial charge in [-0.3, -0.25) is 9.59 Å². The van der Waals surface area contributed by atoms with Crippen LogP contribution in [0.3, 0.4) is 0 Å². The van der Waals surface area contributed by atoms with E-state index in [9.17, 15) is 9.59 Å². The first-order valence-electron chi connectivity index (χ1n) is 9.05. The molecule has 1 fully saturated rings. The molecule has 0 unspecified atom stereocenters. The number of carboxylic acids is 1. The van der Waals surface area contributed by atoms with E-state index in [1.807, 2.05) is 0 Å². The van der Waals surface area contributed by atoms with Gasteiger partial charge in [0, 0.05) is 18.8 Å². The number of ketones is 1. The summed E-state index contributed by atoms with van der Waals surface area (Å²) >= 11 is 0. The van der Waals surface area contributed by atoms with Crippen LogP contribution in [0.1, 0.15) is 62.5 Å². The Morgan fingerprint density at radius 3 is 2.58 bits per heavy atom. The molecule has 0 heterocycles. The molecule has 0 radical (unpaired) electrons. The number of carbonyl (C=O) groups excluding carboxylic acids is 1. The third-order valence-corrected chi connectivity index (χ3v) is 4.92. The fourth-order valence-electron chi connectivity index (χ4n) is 3.45. The maximum atomic E-state index is 12.1. The number of carboxylic acid groups (broad SMARTS) is 1. The van der Waals surface area contributed by atoms with Gasteiger partial charge in [-0.1, -0.05) is 61.2 Å². The predicted octanol–water partition coefficient (Wildman–Crippen LogP) is 5.03. The molecule has 0 saturated heterocycles. The second-order valence-electron chi connectivity index (χ2n) is 6.89. The number of aliphatic carboxylic acids is 1. The monoisotopic (exact) mass is 328 g/mol. The number of aryl methyl sites for hydroxylation is 1. The zero-order valence-corrected chi connectivity index (χ0v) is 14.5. The van der Waals surface area contributed by atoms with Gasteiger partial charge in [0.1, 0.15) is 5.78 Å². The Kier molecular flexibility index (Phi) is 7.23. The number of hydrogen-bond acceptors (Lipinski definition) is 2. The third kappa shape index (κ3) is 5.95. The van der Waals surface area contributed by atoms with E-state index >= 15 is 0 Å².